The van der Waals surface area contributed by atoms with Crippen LogP contribution in [-0.2, 0) is 11.3 Å². The first-order chi connectivity index (χ1) is 14.7. The number of pyridine rings is 1. The van der Waals surface area contributed by atoms with Crippen molar-refractivity contribution >= 4 is 5.96 Å². The number of nitrogens with zero attached hydrogens (tertiary/aromatic N) is 3. The molecule has 3 rings (SSSR count). The Hall–Kier alpha value is -2.71. The minimum absolute atomic E-state index is 0.148. The van der Waals surface area contributed by atoms with Crippen LogP contribution in [0.4, 0.5) is 4.39 Å². The van der Waals surface area contributed by atoms with E-state index in [0.29, 0.717) is 24.7 Å². The van der Waals surface area contributed by atoms with Gasteiger partial charge in [-0.05, 0) is 36.8 Å². The molecule has 1 aliphatic heterocycles. The van der Waals surface area contributed by atoms with Gasteiger partial charge in [0.15, 0.2) is 5.96 Å². The molecule has 0 spiro atoms. The molecule has 2 heterocycles. The standard InChI is InChI=1S/C22H30FN5O2/c1-3-24-22(26-15-20-19(23)5-4-10-25-20)27-16-21(28-11-13-30-14-12-28)17-6-8-18(29-2)9-7-17/h4-10,21H,3,11-16H2,1-2H3,(H2,24,26,27). The molecule has 2 aromatic rings. The third-order valence-corrected chi connectivity index (χ3v) is 5.02. The number of morpholine rings is 1. The number of ether oxygens (including phenoxy) is 2. The van der Waals surface area contributed by atoms with Crippen molar-refractivity contribution in [3.63, 3.8) is 0 Å². The number of aliphatic imine (C=N–C) groups is 1. The molecule has 162 valence electrons. The van der Waals surface area contributed by atoms with Gasteiger partial charge in [0.1, 0.15) is 11.6 Å². The zero-order valence-electron chi connectivity index (χ0n) is 17.6. The highest BCUT2D eigenvalue weighted by molar-refractivity contribution is 5.79. The van der Waals surface area contributed by atoms with E-state index in [9.17, 15) is 4.39 Å². The molecule has 1 unspecified atom stereocenters. The van der Waals surface area contributed by atoms with Crippen molar-refractivity contribution in [2.45, 2.75) is 19.5 Å². The van der Waals surface area contributed by atoms with Crippen LogP contribution in [0.2, 0.25) is 0 Å². The Balaban J connectivity index is 1.72. The van der Waals surface area contributed by atoms with Crippen LogP contribution < -0.4 is 15.4 Å². The number of aromatic nitrogens is 1. The zero-order chi connectivity index (χ0) is 21.2. The molecule has 1 aliphatic rings. The maximum Gasteiger partial charge on any atom is 0.191 e. The highest BCUT2D eigenvalue weighted by atomic mass is 19.1. The van der Waals surface area contributed by atoms with Gasteiger partial charge in [0.05, 0.1) is 38.6 Å². The van der Waals surface area contributed by atoms with Gasteiger partial charge in [-0.3, -0.25) is 9.88 Å². The van der Waals surface area contributed by atoms with Gasteiger partial charge < -0.3 is 20.1 Å². The van der Waals surface area contributed by atoms with Gasteiger partial charge in [-0.1, -0.05) is 12.1 Å². The quantitative estimate of drug-likeness (QED) is 0.510. The maximum atomic E-state index is 13.9. The molecule has 30 heavy (non-hydrogen) atoms. The van der Waals surface area contributed by atoms with Gasteiger partial charge in [-0.15, -0.1) is 0 Å². The SMILES string of the molecule is CCNC(=NCc1ncccc1F)NCC(c1ccc(OC)cc1)N1CCOCC1. The lowest BCUT2D eigenvalue weighted by atomic mass is 10.0. The van der Waals surface area contributed by atoms with Crippen molar-refractivity contribution in [1.29, 1.82) is 0 Å². The first kappa shape index (κ1) is 22.0. The van der Waals surface area contributed by atoms with Crippen molar-refractivity contribution in [2.24, 2.45) is 4.99 Å². The number of benzene rings is 1. The van der Waals surface area contributed by atoms with E-state index in [4.69, 9.17) is 9.47 Å². The van der Waals surface area contributed by atoms with E-state index < -0.39 is 0 Å². The highest BCUT2D eigenvalue weighted by Gasteiger charge is 2.23. The molecular formula is C22H30FN5O2. The lowest BCUT2D eigenvalue weighted by Gasteiger charge is -2.35. The summed E-state index contributed by atoms with van der Waals surface area (Å²) in [5.41, 5.74) is 1.52. The number of hydrogen-bond acceptors (Lipinski definition) is 5. The maximum absolute atomic E-state index is 13.9. The van der Waals surface area contributed by atoms with E-state index in [-0.39, 0.29) is 18.4 Å². The second-order valence-corrected chi connectivity index (χ2v) is 6.95. The summed E-state index contributed by atoms with van der Waals surface area (Å²) < 4.78 is 24.7. The second kappa shape index (κ2) is 11.5. The third kappa shape index (κ3) is 6.14. The van der Waals surface area contributed by atoms with Gasteiger partial charge in [0, 0.05) is 32.4 Å². The van der Waals surface area contributed by atoms with Crippen LogP contribution in [0.25, 0.3) is 0 Å². The Kier molecular flexibility index (Phi) is 8.41. The Bertz CT molecular complexity index is 809. The largest absolute Gasteiger partial charge is 0.497 e. The normalized spacial score (nSPS) is 16.2. The number of hydrogen-bond donors (Lipinski definition) is 2. The van der Waals surface area contributed by atoms with Crippen LogP contribution in [0.3, 0.4) is 0 Å². The van der Waals surface area contributed by atoms with Gasteiger partial charge in [-0.2, -0.15) is 0 Å². The van der Waals surface area contributed by atoms with Crippen LogP contribution >= 0.6 is 0 Å². The lowest BCUT2D eigenvalue weighted by Crippen LogP contribution is -2.46. The number of nitrogens with one attached hydrogen (secondary N) is 2. The first-order valence-electron chi connectivity index (χ1n) is 10.3. The van der Waals surface area contributed by atoms with Crippen molar-refractivity contribution < 1.29 is 13.9 Å². The summed E-state index contributed by atoms with van der Waals surface area (Å²) in [7, 11) is 1.67. The van der Waals surface area contributed by atoms with E-state index in [1.54, 1.807) is 19.4 Å². The Morgan fingerprint density at radius 1 is 1.23 bits per heavy atom. The van der Waals surface area contributed by atoms with Crippen LogP contribution in [0.5, 0.6) is 5.75 Å². The Morgan fingerprint density at radius 3 is 2.67 bits per heavy atom. The van der Waals surface area contributed by atoms with Crippen molar-refractivity contribution in [2.75, 3.05) is 46.5 Å². The predicted molar refractivity (Wildman–Crippen MR) is 115 cm³/mol. The van der Waals surface area contributed by atoms with Crippen LogP contribution in [0.15, 0.2) is 47.6 Å². The molecule has 1 aromatic carbocycles. The highest BCUT2D eigenvalue weighted by Crippen LogP contribution is 2.23. The summed E-state index contributed by atoms with van der Waals surface area (Å²) in [4.78, 5) is 11.0. The van der Waals surface area contributed by atoms with Gasteiger partial charge in [0.25, 0.3) is 0 Å². The number of methoxy groups -OCH3 is 1. The van der Waals surface area contributed by atoms with Gasteiger partial charge in [-0.25, -0.2) is 9.38 Å². The molecule has 0 amide bonds. The average molecular weight is 416 g/mol. The fraction of sp³-hybridized carbons (Fsp3) is 0.455. The summed E-state index contributed by atoms with van der Waals surface area (Å²) in [5.74, 6) is 1.12. The van der Waals surface area contributed by atoms with E-state index in [0.717, 1.165) is 32.1 Å². The van der Waals surface area contributed by atoms with Crippen molar-refractivity contribution in [3.8, 4) is 5.75 Å². The second-order valence-electron chi connectivity index (χ2n) is 6.95. The summed E-state index contributed by atoms with van der Waals surface area (Å²) >= 11 is 0. The van der Waals surface area contributed by atoms with Crippen LogP contribution in [0.1, 0.15) is 24.2 Å². The van der Waals surface area contributed by atoms with Crippen molar-refractivity contribution in [3.05, 3.63) is 59.7 Å². The molecule has 1 aromatic heterocycles. The average Bonchev–Trinajstić information content (AvgIpc) is 2.79. The van der Waals surface area contributed by atoms with Gasteiger partial charge in [0.2, 0.25) is 0 Å². The van der Waals surface area contributed by atoms with Crippen LogP contribution in [-0.4, -0.2) is 62.3 Å². The molecule has 0 radical (unpaired) electrons. The number of guanidine groups is 1. The Morgan fingerprint density at radius 2 is 2.00 bits per heavy atom. The zero-order valence-corrected chi connectivity index (χ0v) is 17.6. The third-order valence-electron chi connectivity index (χ3n) is 5.02. The van der Waals surface area contributed by atoms with Gasteiger partial charge >= 0.3 is 0 Å². The number of halogens is 1. The summed E-state index contributed by atoms with van der Waals surface area (Å²) in [5, 5.41) is 6.64. The van der Waals surface area contributed by atoms with E-state index in [1.165, 1.54) is 11.6 Å². The molecular weight excluding hydrogens is 385 g/mol. The molecule has 1 atom stereocenters. The molecule has 1 saturated heterocycles. The topological polar surface area (TPSA) is 71.0 Å². The summed E-state index contributed by atoms with van der Waals surface area (Å²) in [6, 6.07) is 11.3. The van der Waals surface area contributed by atoms with Crippen molar-refractivity contribution in [1.82, 2.24) is 20.5 Å². The van der Waals surface area contributed by atoms with Crippen LogP contribution in [0, 0.1) is 5.82 Å². The monoisotopic (exact) mass is 415 g/mol. The molecule has 0 bridgehead atoms. The minimum atomic E-state index is -0.346. The molecule has 1 fully saturated rings. The predicted octanol–water partition coefficient (Wildman–Crippen LogP) is 2.36. The van der Waals surface area contributed by atoms with E-state index in [2.05, 4.69) is 37.6 Å². The lowest BCUT2D eigenvalue weighted by molar-refractivity contribution is 0.0170. The molecule has 2 N–H and O–H groups in total. The fourth-order valence-electron chi connectivity index (χ4n) is 3.40. The number of rotatable bonds is 8. The molecule has 8 heteroatoms. The molecule has 0 saturated carbocycles. The smallest absolute Gasteiger partial charge is 0.191 e. The summed E-state index contributed by atoms with van der Waals surface area (Å²) in [6.07, 6.45) is 1.58. The fourth-order valence-corrected chi connectivity index (χ4v) is 3.40. The Labute approximate surface area is 177 Å². The van der Waals surface area contributed by atoms with E-state index >= 15 is 0 Å². The first-order valence-corrected chi connectivity index (χ1v) is 10.3. The molecule has 7 nitrogen and oxygen atoms in total. The summed E-state index contributed by atoms with van der Waals surface area (Å²) in [6.45, 7) is 6.72. The minimum Gasteiger partial charge on any atom is -0.497 e. The van der Waals surface area contributed by atoms with E-state index in [1.807, 2.05) is 19.1 Å². The molecule has 0 aliphatic carbocycles.